The SMILES string of the molecule is CC1(O)CCCN(C(=O)c2nc(N)n[nH]2)CC1. The number of aromatic amines is 1. The normalized spacial score (nSPS) is 25.6. The molecule has 17 heavy (non-hydrogen) atoms. The molecule has 2 heterocycles. The third-order valence-electron chi connectivity index (χ3n) is 3.06. The van der Waals surface area contributed by atoms with Gasteiger partial charge in [0.2, 0.25) is 11.8 Å². The van der Waals surface area contributed by atoms with Crippen molar-refractivity contribution < 1.29 is 9.90 Å². The van der Waals surface area contributed by atoms with Crippen LogP contribution in [0.15, 0.2) is 0 Å². The highest BCUT2D eigenvalue weighted by Gasteiger charge is 2.28. The summed E-state index contributed by atoms with van der Waals surface area (Å²) in [7, 11) is 0. The standard InChI is InChI=1S/C10H17N5O2/c1-10(17)3-2-5-15(6-4-10)8(16)7-12-9(11)14-13-7/h17H,2-6H2,1H3,(H3,11,12,13,14). The van der Waals surface area contributed by atoms with Crippen molar-refractivity contribution in [1.82, 2.24) is 20.1 Å². The molecule has 2 rings (SSSR count). The van der Waals surface area contributed by atoms with Crippen molar-refractivity contribution in [2.45, 2.75) is 31.8 Å². The smallest absolute Gasteiger partial charge is 0.291 e. The predicted octanol–water partition coefficient (Wildman–Crippen LogP) is -0.236. The zero-order valence-electron chi connectivity index (χ0n) is 9.81. The number of nitrogens with zero attached hydrogens (tertiary/aromatic N) is 3. The quantitative estimate of drug-likeness (QED) is 0.627. The molecule has 1 saturated heterocycles. The Bertz CT molecular complexity index is 415. The molecular formula is C10H17N5O2. The first-order chi connectivity index (χ1) is 7.98. The van der Waals surface area contributed by atoms with E-state index in [2.05, 4.69) is 15.2 Å². The molecular weight excluding hydrogens is 222 g/mol. The number of nitrogens with two attached hydrogens (primary N) is 1. The highest BCUT2D eigenvalue weighted by Crippen LogP contribution is 2.21. The van der Waals surface area contributed by atoms with Gasteiger partial charge in [-0.15, -0.1) is 5.10 Å². The molecule has 0 aliphatic carbocycles. The lowest BCUT2D eigenvalue weighted by Crippen LogP contribution is -2.34. The monoisotopic (exact) mass is 239 g/mol. The first kappa shape index (κ1) is 11.8. The van der Waals surface area contributed by atoms with Crippen LogP contribution in [0.4, 0.5) is 5.95 Å². The summed E-state index contributed by atoms with van der Waals surface area (Å²) in [6, 6.07) is 0. The number of carbonyl (C=O) groups excluding carboxylic acids is 1. The Balaban J connectivity index is 2.05. The molecule has 0 radical (unpaired) electrons. The van der Waals surface area contributed by atoms with Gasteiger partial charge >= 0.3 is 0 Å². The lowest BCUT2D eigenvalue weighted by molar-refractivity contribution is 0.0436. The van der Waals surface area contributed by atoms with Gasteiger partial charge in [-0.25, -0.2) is 0 Å². The summed E-state index contributed by atoms with van der Waals surface area (Å²) in [5, 5.41) is 16.1. The second-order valence-corrected chi connectivity index (χ2v) is 4.68. The molecule has 4 N–H and O–H groups in total. The van der Waals surface area contributed by atoms with Crippen molar-refractivity contribution in [2.75, 3.05) is 18.8 Å². The van der Waals surface area contributed by atoms with Crippen molar-refractivity contribution in [3.63, 3.8) is 0 Å². The van der Waals surface area contributed by atoms with Gasteiger partial charge in [0.15, 0.2) is 0 Å². The van der Waals surface area contributed by atoms with Gasteiger partial charge in [0.05, 0.1) is 5.60 Å². The minimum atomic E-state index is -0.685. The molecule has 1 aromatic rings. The maximum atomic E-state index is 12.0. The Hall–Kier alpha value is -1.63. The van der Waals surface area contributed by atoms with E-state index in [1.165, 1.54) is 0 Å². The Morgan fingerprint density at radius 3 is 2.94 bits per heavy atom. The van der Waals surface area contributed by atoms with E-state index in [1.54, 1.807) is 11.8 Å². The van der Waals surface area contributed by atoms with Crippen LogP contribution in [0, 0.1) is 0 Å². The maximum absolute atomic E-state index is 12.0. The van der Waals surface area contributed by atoms with Crippen molar-refractivity contribution in [3.05, 3.63) is 5.82 Å². The van der Waals surface area contributed by atoms with E-state index in [0.717, 1.165) is 6.42 Å². The van der Waals surface area contributed by atoms with Crippen LogP contribution in [0.5, 0.6) is 0 Å². The topological polar surface area (TPSA) is 108 Å². The summed E-state index contributed by atoms with van der Waals surface area (Å²) in [6.07, 6.45) is 2.06. The lowest BCUT2D eigenvalue weighted by Gasteiger charge is -2.21. The first-order valence-electron chi connectivity index (χ1n) is 5.67. The Kier molecular flexibility index (Phi) is 3.01. The first-order valence-corrected chi connectivity index (χ1v) is 5.67. The van der Waals surface area contributed by atoms with Crippen LogP contribution in [0.3, 0.4) is 0 Å². The summed E-state index contributed by atoms with van der Waals surface area (Å²) in [6.45, 7) is 2.94. The average Bonchev–Trinajstić information content (AvgIpc) is 2.60. The van der Waals surface area contributed by atoms with Gasteiger partial charge in [0, 0.05) is 13.1 Å². The van der Waals surface area contributed by atoms with Crippen LogP contribution >= 0.6 is 0 Å². The van der Waals surface area contributed by atoms with Gasteiger partial charge in [-0.3, -0.25) is 9.89 Å². The molecule has 0 saturated carbocycles. The molecule has 1 amide bonds. The van der Waals surface area contributed by atoms with Gasteiger partial charge in [0.1, 0.15) is 0 Å². The van der Waals surface area contributed by atoms with E-state index in [0.29, 0.717) is 25.9 Å². The van der Waals surface area contributed by atoms with Crippen LogP contribution in [-0.4, -0.2) is 49.8 Å². The summed E-state index contributed by atoms with van der Waals surface area (Å²) < 4.78 is 0. The maximum Gasteiger partial charge on any atom is 0.291 e. The number of nitrogens with one attached hydrogen (secondary N) is 1. The van der Waals surface area contributed by atoms with Gasteiger partial charge in [-0.1, -0.05) is 0 Å². The molecule has 0 spiro atoms. The number of amides is 1. The number of likely N-dealkylation sites (tertiary alicyclic amines) is 1. The lowest BCUT2D eigenvalue weighted by atomic mass is 9.98. The van der Waals surface area contributed by atoms with E-state index >= 15 is 0 Å². The fraction of sp³-hybridized carbons (Fsp3) is 0.700. The molecule has 1 fully saturated rings. The number of anilines is 1. The molecule has 1 aromatic heterocycles. The van der Waals surface area contributed by atoms with Crippen LogP contribution in [0.2, 0.25) is 0 Å². The summed E-state index contributed by atoms with van der Waals surface area (Å²) >= 11 is 0. The predicted molar refractivity (Wildman–Crippen MR) is 61.2 cm³/mol. The molecule has 1 unspecified atom stereocenters. The number of hydrogen-bond donors (Lipinski definition) is 3. The van der Waals surface area contributed by atoms with Crippen molar-refractivity contribution in [3.8, 4) is 0 Å². The Morgan fingerprint density at radius 2 is 2.29 bits per heavy atom. The van der Waals surface area contributed by atoms with E-state index in [1.807, 2.05) is 0 Å². The zero-order chi connectivity index (χ0) is 12.5. The number of hydrogen-bond acceptors (Lipinski definition) is 5. The second kappa shape index (κ2) is 4.33. The van der Waals surface area contributed by atoms with Crippen LogP contribution < -0.4 is 5.73 Å². The summed E-state index contributed by atoms with van der Waals surface area (Å²) in [4.78, 5) is 17.5. The number of H-pyrrole nitrogens is 1. The van der Waals surface area contributed by atoms with Gasteiger partial charge in [-0.05, 0) is 26.2 Å². The highest BCUT2D eigenvalue weighted by atomic mass is 16.3. The van der Waals surface area contributed by atoms with Gasteiger partial charge in [-0.2, -0.15) is 4.98 Å². The second-order valence-electron chi connectivity index (χ2n) is 4.68. The Morgan fingerprint density at radius 1 is 1.53 bits per heavy atom. The molecule has 0 bridgehead atoms. The van der Waals surface area contributed by atoms with E-state index in [4.69, 9.17) is 5.73 Å². The zero-order valence-corrected chi connectivity index (χ0v) is 9.81. The largest absolute Gasteiger partial charge is 0.390 e. The van der Waals surface area contributed by atoms with E-state index in [-0.39, 0.29) is 17.7 Å². The number of nitrogen functional groups attached to an aromatic ring is 1. The Labute approximate surface area is 99.0 Å². The fourth-order valence-electron chi connectivity index (χ4n) is 1.99. The molecule has 1 aliphatic heterocycles. The summed E-state index contributed by atoms with van der Waals surface area (Å²) in [5.41, 5.74) is 4.67. The van der Waals surface area contributed by atoms with Crippen molar-refractivity contribution in [1.29, 1.82) is 0 Å². The molecule has 94 valence electrons. The van der Waals surface area contributed by atoms with Crippen LogP contribution in [0.25, 0.3) is 0 Å². The van der Waals surface area contributed by atoms with Crippen LogP contribution in [-0.2, 0) is 0 Å². The number of rotatable bonds is 1. The molecule has 1 aliphatic rings. The molecule has 7 heteroatoms. The highest BCUT2D eigenvalue weighted by molar-refractivity contribution is 5.90. The molecule has 7 nitrogen and oxygen atoms in total. The van der Waals surface area contributed by atoms with Gasteiger partial charge in [0.25, 0.3) is 5.91 Å². The third-order valence-corrected chi connectivity index (χ3v) is 3.06. The fourth-order valence-corrected chi connectivity index (χ4v) is 1.99. The minimum Gasteiger partial charge on any atom is -0.390 e. The van der Waals surface area contributed by atoms with Crippen molar-refractivity contribution >= 4 is 11.9 Å². The molecule has 1 atom stereocenters. The third kappa shape index (κ3) is 2.73. The van der Waals surface area contributed by atoms with Crippen LogP contribution in [0.1, 0.15) is 36.8 Å². The molecule has 0 aromatic carbocycles. The number of aromatic nitrogens is 3. The van der Waals surface area contributed by atoms with Crippen molar-refractivity contribution in [2.24, 2.45) is 0 Å². The average molecular weight is 239 g/mol. The number of aliphatic hydroxyl groups is 1. The van der Waals surface area contributed by atoms with E-state index in [9.17, 15) is 9.90 Å². The summed E-state index contributed by atoms with van der Waals surface area (Å²) in [5.74, 6) is 0.00566. The minimum absolute atomic E-state index is 0.0650. The van der Waals surface area contributed by atoms with E-state index < -0.39 is 5.60 Å². The van der Waals surface area contributed by atoms with Gasteiger partial charge < -0.3 is 15.7 Å². The number of carbonyl (C=O) groups is 1.